The summed E-state index contributed by atoms with van der Waals surface area (Å²) in [5, 5.41) is 0. The Balaban J connectivity index is 2.51. The zero-order chi connectivity index (χ0) is 11.5. The molecule has 1 aromatic carbocycles. The lowest BCUT2D eigenvalue weighted by atomic mass is 10.1. The highest BCUT2D eigenvalue weighted by atomic mass is 16.5. The summed E-state index contributed by atoms with van der Waals surface area (Å²) in [6.07, 6.45) is 1.65. The molecule has 2 aromatic rings. The van der Waals surface area contributed by atoms with Crippen molar-refractivity contribution in [1.82, 2.24) is 4.98 Å². The summed E-state index contributed by atoms with van der Waals surface area (Å²) in [5.41, 5.74) is 8.05. The van der Waals surface area contributed by atoms with E-state index in [1.807, 2.05) is 12.1 Å². The van der Waals surface area contributed by atoms with Crippen LogP contribution in [-0.4, -0.2) is 12.1 Å². The first kappa shape index (κ1) is 10.3. The van der Waals surface area contributed by atoms with Crippen molar-refractivity contribution in [2.24, 2.45) is 0 Å². The first-order valence-electron chi connectivity index (χ1n) is 4.83. The molecule has 0 amide bonds. The maximum atomic E-state index is 10.9. The maximum Gasteiger partial charge on any atom is 0.247 e. The van der Waals surface area contributed by atoms with Crippen molar-refractivity contribution in [3.63, 3.8) is 0 Å². The van der Waals surface area contributed by atoms with Crippen molar-refractivity contribution in [2.75, 3.05) is 12.8 Å². The van der Waals surface area contributed by atoms with Gasteiger partial charge in [0, 0.05) is 24.0 Å². The summed E-state index contributed by atoms with van der Waals surface area (Å²) in [4.78, 5) is 13.6. The monoisotopic (exact) mass is 216 g/mol. The molecule has 16 heavy (non-hydrogen) atoms. The third-order valence-corrected chi connectivity index (χ3v) is 2.28. The predicted octanol–water partition coefficient (Wildman–Crippen LogP) is 1.63. The number of anilines is 1. The van der Waals surface area contributed by atoms with Crippen molar-refractivity contribution in [3.8, 4) is 16.9 Å². The molecule has 0 saturated heterocycles. The van der Waals surface area contributed by atoms with Gasteiger partial charge in [0.2, 0.25) is 5.56 Å². The number of nitrogens with one attached hydrogen (secondary N) is 1. The van der Waals surface area contributed by atoms with Crippen LogP contribution >= 0.6 is 0 Å². The Morgan fingerprint density at radius 2 is 2.00 bits per heavy atom. The van der Waals surface area contributed by atoms with Gasteiger partial charge in [0.05, 0.1) is 7.11 Å². The molecule has 2 rings (SSSR count). The summed E-state index contributed by atoms with van der Waals surface area (Å²) < 4.78 is 5.13. The zero-order valence-electron chi connectivity index (χ0n) is 8.86. The van der Waals surface area contributed by atoms with Crippen LogP contribution in [0, 0.1) is 0 Å². The quantitative estimate of drug-likeness (QED) is 0.750. The number of aromatic amines is 1. The first-order chi connectivity index (χ1) is 7.69. The molecule has 4 nitrogen and oxygen atoms in total. The third-order valence-electron chi connectivity index (χ3n) is 2.28. The van der Waals surface area contributed by atoms with Gasteiger partial charge in [-0.15, -0.1) is 0 Å². The summed E-state index contributed by atoms with van der Waals surface area (Å²) in [7, 11) is 1.59. The van der Waals surface area contributed by atoms with Crippen LogP contribution in [-0.2, 0) is 0 Å². The Kier molecular flexibility index (Phi) is 2.64. The Morgan fingerprint density at radius 1 is 1.19 bits per heavy atom. The van der Waals surface area contributed by atoms with E-state index in [1.165, 1.54) is 6.07 Å². The zero-order valence-corrected chi connectivity index (χ0v) is 8.86. The number of benzene rings is 1. The van der Waals surface area contributed by atoms with Crippen LogP contribution in [0.3, 0.4) is 0 Å². The molecule has 82 valence electrons. The number of rotatable bonds is 2. The molecule has 0 saturated carbocycles. The van der Waals surface area contributed by atoms with Crippen molar-refractivity contribution >= 4 is 5.69 Å². The third kappa shape index (κ3) is 2.06. The molecular formula is C12H12N2O2. The van der Waals surface area contributed by atoms with Gasteiger partial charge in [-0.05, 0) is 29.3 Å². The maximum absolute atomic E-state index is 10.9. The molecule has 0 radical (unpaired) electrons. The van der Waals surface area contributed by atoms with E-state index in [4.69, 9.17) is 10.5 Å². The second kappa shape index (κ2) is 4.10. The number of methoxy groups -OCH3 is 1. The number of H-pyrrole nitrogens is 1. The van der Waals surface area contributed by atoms with Crippen molar-refractivity contribution < 1.29 is 4.74 Å². The van der Waals surface area contributed by atoms with E-state index < -0.39 is 0 Å². The Bertz CT molecular complexity index is 541. The van der Waals surface area contributed by atoms with Gasteiger partial charge in [0.15, 0.2) is 0 Å². The number of ether oxygens (including phenoxy) is 1. The Hall–Kier alpha value is -2.23. The normalized spacial score (nSPS) is 10.1. The van der Waals surface area contributed by atoms with Crippen molar-refractivity contribution in [2.45, 2.75) is 0 Å². The van der Waals surface area contributed by atoms with Crippen molar-refractivity contribution in [1.29, 1.82) is 0 Å². The fourth-order valence-electron chi connectivity index (χ4n) is 1.50. The van der Waals surface area contributed by atoms with E-state index in [9.17, 15) is 4.79 Å². The molecule has 1 aromatic heterocycles. The second-order valence-electron chi connectivity index (χ2n) is 3.44. The van der Waals surface area contributed by atoms with E-state index in [2.05, 4.69) is 4.98 Å². The molecule has 4 heteroatoms. The number of pyridine rings is 1. The lowest BCUT2D eigenvalue weighted by Crippen LogP contribution is -2.01. The average molecular weight is 216 g/mol. The summed E-state index contributed by atoms with van der Waals surface area (Å²) >= 11 is 0. The van der Waals surface area contributed by atoms with E-state index in [0.29, 0.717) is 11.4 Å². The molecule has 1 heterocycles. The van der Waals surface area contributed by atoms with Gasteiger partial charge in [-0.1, -0.05) is 0 Å². The lowest BCUT2D eigenvalue weighted by Gasteiger charge is -2.06. The molecule has 0 bridgehead atoms. The molecule has 0 spiro atoms. The predicted molar refractivity (Wildman–Crippen MR) is 63.5 cm³/mol. The van der Waals surface area contributed by atoms with E-state index in [0.717, 1.165) is 11.1 Å². The SMILES string of the molecule is COc1cc(N)cc(-c2ccc(=O)[nH]c2)c1. The van der Waals surface area contributed by atoms with Crippen LogP contribution in [0.15, 0.2) is 41.3 Å². The number of aromatic nitrogens is 1. The van der Waals surface area contributed by atoms with Gasteiger partial charge >= 0.3 is 0 Å². The van der Waals surface area contributed by atoms with Gasteiger partial charge in [0.1, 0.15) is 5.75 Å². The molecule has 0 unspecified atom stereocenters. The van der Waals surface area contributed by atoms with Gasteiger partial charge in [-0.3, -0.25) is 4.79 Å². The van der Waals surface area contributed by atoms with E-state index >= 15 is 0 Å². The standard InChI is InChI=1S/C12H12N2O2/c1-16-11-5-9(4-10(13)6-11)8-2-3-12(15)14-7-8/h2-7H,13H2,1H3,(H,14,15). The largest absolute Gasteiger partial charge is 0.497 e. The summed E-state index contributed by atoms with van der Waals surface area (Å²) in [5.74, 6) is 0.696. The minimum absolute atomic E-state index is 0.125. The molecule has 0 aliphatic heterocycles. The molecular weight excluding hydrogens is 204 g/mol. The summed E-state index contributed by atoms with van der Waals surface area (Å²) in [6.45, 7) is 0. The highest BCUT2D eigenvalue weighted by Crippen LogP contribution is 2.26. The van der Waals surface area contributed by atoms with Crippen LogP contribution in [0.1, 0.15) is 0 Å². The molecule has 3 N–H and O–H groups in total. The van der Waals surface area contributed by atoms with Crippen molar-refractivity contribution in [3.05, 3.63) is 46.9 Å². The van der Waals surface area contributed by atoms with Gasteiger partial charge in [-0.25, -0.2) is 0 Å². The fraction of sp³-hybridized carbons (Fsp3) is 0.0833. The van der Waals surface area contributed by atoms with Gasteiger partial charge < -0.3 is 15.5 Å². The lowest BCUT2D eigenvalue weighted by molar-refractivity contribution is 0.415. The Labute approximate surface area is 92.7 Å². The van der Waals surface area contributed by atoms with Gasteiger partial charge in [-0.2, -0.15) is 0 Å². The van der Waals surface area contributed by atoms with Crippen LogP contribution in [0.5, 0.6) is 5.75 Å². The summed E-state index contributed by atoms with van der Waals surface area (Å²) in [6, 6.07) is 8.66. The number of nitrogens with two attached hydrogens (primary N) is 1. The highest BCUT2D eigenvalue weighted by molar-refractivity contribution is 5.68. The fourth-order valence-corrected chi connectivity index (χ4v) is 1.50. The number of hydrogen-bond donors (Lipinski definition) is 2. The van der Waals surface area contributed by atoms with Crippen LogP contribution in [0.2, 0.25) is 0 Å². The average Bonchev–Trinajstić information content (AvgIpc) is 2.29. The van der Waals surface area contributed by atoms with Crippen LogP contribution in [0.25, 0.3) is 11.1 Å². The minimum Gasteiger partial charge on any atom is -0.497 e. The Morgan fingerprint density at radius 3 is 2.62 bits per heavy atom. The van der Waals surface area contributed by atoms with Crippen LogP contribution in [0.4, 0.5) is 5.69 Å². The topological polar surface area (TPSA) is 68.1 Å². The minimum atomic E-state index is -0.125. The molecule has 0 aliphatic rings. The molecule has 0 aliphatic carbocycles. The smallest absolute Gasteiger partial charge is 0.247 e. The van der Waals surface area contributed by atoms with Crippen LogP contribution < -0.4 is 16.0 Å². The molecule has 0 fully saturated rings. The number of nitrogen functional groups attached to an aromatic ring is 1. The van der Waals surface area contributed by atoms with Gasteiger partial charge in [0.25, 0.3) is 0 Å². The second-order valence-corrected chi connectivity index (χ2v) is 3.44. The van der Waals surface area contributed by atoms with E-state index in [-0.39, 0.29) is 5.56 Å². The first-order valence-corrected chi connectivity index (χ1v) is 4.83. The highest BCUT2D eigenvalue weighted by Gasteiger charge is 2.01. The van der Waals surface area contributed by atoms with E-state index in [1.54, 1.807) is 25.4 Å². The number of hydrogen-bond acceptors (Lipinski definition) is 3. The molecule has 0 atom stereocenters.